The standard InChI is InChI=1S/C20H23BrFNO2S/c1-14-7-10-19(11-15(14)2)26(24,25)23(18-5-3-4-6-18)13-16-8-9-17(21)12-20(16)22/h7-12,18H,3-6,13H2,1-2H3. The molecule has 2 aromatic rings. The van der Waals surface area contributed by atoms with E-state index in [1.54, 1.807) is 24.3 Å². The summed E-state index contributed by atoms with van der Waals surface area (Å²) < 4.78 is 43.2. The Morgan fingerprint density at radius 3 is 2.38 bits per heavy atom. The quantitative estimate of drug-likeness (QED) is 0.630. The van der Waals surface area contributed by atoms with E-state index in [1.807, 2.05) is 19.9 Å². The van der Waals surface area contributed by atoms with Crippen molar-refractivity contribution in [3.05, 3.63) is 63.4 Å². The minimum absolute atomic E-state index is 0.0546. The fourth-order valence-corrected chi connectivity index (χ4v) is 5.51. The Hall–Kier alpha value is -1.24. The molecule has 0 spiro atoms. The van der Waals surface area contributed by atoms with Gasteiger partial charge in [0.05, 0.1) is 4.90 Å². The second-order valence-corrected chi connectivity index (χ2v) is 9.78. The van der Waals surface area contributed by atoms with Gasteiger partial charge in [0.2, 0.25) is 10.0 Å². The summed E-state index contributed by atoms with van der Waals surface area (Å²) in [7, 11) is -3.69. The summed E-state index contributed by atoms with van der Waals surface area (Å²) in [6, 6.07) is 9.89. The van der Waals surface area contributed by atoms with Crippen LogP contribution in [0.3, 0.4) is 0 Å². The van der Waals surface area contributed by atoms with E-state index >= 15 is 0 Å². The van der Waals surface area contributed by atoms with Crippen LogP contribution in [-0.2, 0) is 16.6 Å². The number of rotatable bonds is 5. The molecule has 2 aromatic carbocycles. The predicted octanol–water partition coefficient (Wildman–Crippen LogP) is 5.34. The second-order valence-electron chi connectivity index (χ2n) is 6.97. The molecule has 3 nitrogen and oxygen atoms in total. The van der Waals surface area contributed by atoms with Crippen LogP contribution in [0, 0.1) is 19.7 Å². The van der Waals surface area contributed by atoms with E-state index in [-0.39, 0.29) is 17.5 Å². The lowest BCUT2D eigenvalue weighted by molar-refractivity contribution is 0.312. The van der Waals surface area contributed by atoms with Crippen LogP contribution in [0.25, 0.3) is 0 Å². The van der Waals surface area contributed by atoms with Gasteiger partial charge in [0, 0.05) is 22.6 Å². The Labute approximate surface area is 163 Å². The van der Waals surface area contributed by atoms with Crippen molar-refractivity contribution < 1.29 is 12.8 Å². The molecule has 0 aliphatic heterocycles. The Balaban J connectivity index is 2.01. The molecule has 0 aromatic heterocycles. The van der Waals surface area contributed by atoms with Crippen LogP contribution in [0.4, 0.5) is 4.39 Å². The van der Waals surface area contributed by atoms with Crippen molar-refractivity contribution in [1.82, 2.24) is 4.31 Å². The fraction of sp³-hybridized carbons (Fsp3) is 0.400. The first-order chi connectivity index (χ1) is 12.3. The summed E-state index contributed by atoms with van der Waals surface area (Å²) in [6.45, 7) is 3.92. The van der Waals surface area contributed by atoms with Crippen LogP contribution in [0.15, 0.2) is 45.8 Å². The zero-order valence-corrected chi connectivity index (χ0v) is 17.4. The second kappa shape index (κ2) is 7.79. The van der Waals surface area contributed by atoms with Gasteiger partial charge in [-0.1, -0.05) is 40.9 Å². The molecule has 0 heterocycles. The summed E-state index contributed by atoms with van der Waals surface area (Å²) in [5.74, 6) is -0.391. The predicted molar refractivity (Wildman–Crippen MR) is 105 cm³/mol. The van der Waals surface area contributed by atoms with E-state index < -0.39 is 15.8 Å². The van der Waals surface area contributed by atoms with Crippen molar-refractivity contribution in [3.63, 3.8) is 0 Å². The van der Waals surface area contributed by atoms with E-state index in [4.69, 9.17) is 0 Å². The third-order valence-electron chi connectivity index (χ3n) is 5.16. The molecule has 0 N–H and O–H groups in total. The van der Waals surface area contributed by atoms with Gasteiger partial charge in [0.25, 0.3) is 0 Å². The van der Waals surface area contributed by atoms with Gasteiger partial charge in [-0.2, -0.15) is 4.31 Å². The molecule has 1 aliphatic rings. The molecule has 140 valence electrons. The maximum Gasteiger partial charge on any atom is 0.243 e. The lowest BCUT2D eigenvalue weighted by Crippen LogP contribution is -2.38. The Morgan fingerprint density at radius 1 is 1.08 bits per heavy atom. The highest BCUT2D eigenvalue weighted by Crippen LogP contribution is 2.31. The first-order valence-corrected chi connectivity index (χ1v) is 11.1. The SMILES string of the molecule is Cc1ccc(S(=O)(=O)N(Cc2ccc(Br)cc2F)C2CCCC2)cc1C. The zero-order chi connectivity index (χ0) is 18.9. The van der Waals surface area contributed by atoms with Crippen LogP contribution >= 0.6 is 15.9 Å². The molecule has 3 rings (SSSR count). The molecular weight excluding hydrogens is 417 g/mol. The highest BCUT2D eigenvalue weighted by atomic mass is 79.9. The number of sulfonamides is 1. The van der Waals surface area contributed by atoms with Gasteiger partial charge in [-0.3, -0.25) is 0 Å². The number of halogens is 2. The molecule has 0 amide bonds. The summed E-state index contributed by atoms with van der Waals surface area (Å²) in [6.07, 6.45) is 3.66. The van der Waals surface area contributed by atoms with Crippen LogP contribution in [0.2, 0.25) is 0 Å². The van der Waals surface area contributed by atoms with Crippen molar-refractivity contribution in [3.8, 4) is 0 Å². The summed E-state index contributed by atoms with van der Waals surface area (Å²) in [5, 5.41) is 0. The summed E-state index contributed by atoms with van der Waals surface area (Å²) in [5.41, 5.74) is 2.38. The summed E-state index contributed by atoms with van der Waals surface area (Å²) in [4.78, 5) is 0.282. The highest BCUT2D eigenvalue weighted by molar-refractivity contribution is 9.10. The summed E-state index contributed by atoms with van der Waals surface area (Å²) >= 11 is 3.25. The maximum absolute atomic E-state index is 14.4. The van der Waals surface area contributed by atoms with Crippen LogP contribution in [-0.4, -0.2) is 18.8 Å². The van der Waals surface area contributed by atoms with Crippen molar-refractivity contribution >= 4 is 26.0 Å². The van der Waals surface area contributed by atoms with E-state index in [0.29, 0.717) is 10.0 Å². The minimum atomic E-state index is -3.69. The van der Waals surface area contributed by atoms with E-state index in [0.717, 1.165) is 36.8 Å². The van der Waals surface area contributed by atoms with E-state index in [1.165, 1.54) is 10.4 Å². The molecular formula is C20H23BrFNO2S. The van der Waals surface area contributed by atoms with Crippen molar-refractivity contribution in [1.29, 1.82) is 0 Å². The first kappa shape index (κ1) is 19.5. The third-order valence-corrected chi connectivity index (χ3v) is 7.55. The lowest BCUT2D eigenvalue weighted by Gasteiger charge is -2.28. The number of aryl methyl sites for hydroxylation is 2. The van der Waals surface area contributed by atoms with E-state index in [2.05, 4.69) is 15.9 Å². The normalized spacial score (nSPS) is 15.7. The number of nitrogens with zero attached hydrogens (tertiary/aromatic N) is 1. The Bertz CT molecular complexity index is 908. The third kappa shape index (κ3) is 4.02. The monoisotopic (exact) mass is 439 g/mol. The minimum Gasteiger partial charge on any atom is -0.207 e. The number of benzene rings is 2. The van der Waals surface area contributed by atoms with E-state index in [9.17, 15) is 12.8 Å². The van der Waals surface area contributed by atoms with Crippen molar-refractivity contribution in [2.45, 2.75) is 57.0 Å². The van der Waals surface area contributed by atoms with Gasteiger partial charge in [-0.05, 0) is 62.1 Å². The molecule has 1 fully saturated rings. The number of hydrogen-bond donors (Lipinski definition) is 0. The van der Waals surface area contributed by atoms with Gasteiger partial charge in [-0.15, -0.1) is 0 Å². The molecule has 0 radical (unpaired) electrons. The molecule has 26 heavy (non-hydrogen) atoms. The van der Waals surface area contributed by atoms with Crippen LogP contribution in [0.1, 0.15) is 42.4 Å². The highest BCUT2D eigenvalue weighted by Gasteiger charge is 2.34. The van der Waals surface area contributed by atoms with Gasteiger partial charge in [-0.25, -0.2) is 12.8 Å². The first-order valence-electron chi connectivity index (χ1n) is 8.82. The molecule has 6 heteroatoms. The molecule has 1 aliphatic carbocycles. The molecule has 0 bridgehead atoms. The average Bonchev–Trinajstić information content (AvgIpc) is 3.10. The number of hydrogen-bond acceptors (Lipinski definition) is 2. The van der Waals surface area contributed by atoms with Gasteiger partial charge >= 0.3 is 0 Å². The van der Waals surface area contributed by atoms with Crippen LogP contribution < -0.4 is 0 Å². The lowest BCUT2D eigenvalue weighted by atomic mass is 10.1. The average molecular weight is 440 g/mol. The molecule has 0 saturated heterocycles. The van der Waals surface area contributed by atoms with Gasteiger partial charge in [0.1, 0.15) is 5.82 Å². The fourth-order valence-electron chi connectivity index (χ4n) is 3.43. The maximum atomic E-state index is 14.4. The molecule has 0 atom stereocenters. The Morgan fingerprint density at radius 2 is 1.77 bits per heavy atom. The van der Waals surface area contributed by atoms with Crippen LogP contribution in [0.5, 0.6) is 0 Å². The largest absolute Gasteiger partial charge is 0.243 e. The van der Waals surface area contributed by atoms with Crippen molar-refractivity contribution in [2.75, 3.05) is 0 Å². The topological polar surface area (TPSA) is 37.4 Å². The molecule has 0 unspecified atom stereocenters. The Kier molecular flexibility index (Phi) is 5.85. The van der Waals surface area contributed by atoms with Gasteiger partial charge < -0.3 is 0 Å². The van der Waals surface area contributed by atoms with Crippen molar-refractivity contribution in [2.24, 2.45) is 0 Å². The smallest absolute Gasteiger partial charge is 0.207 e. The molecule has 1 saturated carbocycles. The van der Waals surface area contributed by atoms with Gasteiger partial charge in [0.15, 0.2) is 0 Å². The zero-order valence-electron chi connectivity index (χ0n) is 15.0.